The minimum atomic E-state index is -4.98. The van der Waals surface area contributed by atoms with Crippen molar-refractivity contribution in [1.82, 2.24) is 14.9 Å². The van der Waals surface area contributed by atoms with E-state index in [4.69, 9.17) is 9.84 Å². The number of H-pyrrole nitrogens is 1. The zero-order valence-corrected chi connectivity index (χ0v) is 13.5. The predicted molar refractivity (Wildman–Crippen MR) is 80.3 cm³/mol. The molecule has 1 aliphatic heterocycles. The van der Waals surface area contributed by atoms with Gasteiger partial charge in [0.1, 0.15) is 12.3 Å². The maximum atomic E-state index is 12.1. The van der Waals surface area contributed by atoms with E-state index in [2.05, 4.69) is 4.98 Å². The molecule has 1 saturated heterocycles. The summed E-state index contributed by atoms with van der Waals surface area (Å²) in [5, 5.41) is 20.5. The maximum absolute atomic E-state index is 12.1. The maximum Gasteiger partial charge on any atom is 0.471 e. The van der Waals surface area contributed by atoms with Crippen molar-refractivity contribution in [2.75, 3.05) is 13.2 Å². The Morgan fingerprint density at radius 3 is 2.69 bits per heavy atom. The van der Waals surface area contributed by atoms with Crippen LogP contribution in [0.25, 0.3) is 0 Å². The molecule has 0 bridgehead atoms. The molecule has 12 heteroatoms. The molecule has 0 aromatic carbocycles. The van der Waals surface area contributed by atoms with Crippen LogP contribution in [0.4, 0.5) is 13.2 Å². The molecule has 0 radical (unpaired) electrons. The number of aryl methyl sites for hydroxylation is 1. The number of nitrogens with one attached hydrogen (secondary N) is 2. The third kappa shape index (κ3) is 4.71. The molecule has 1 unspecified atom stereocenters. The van der Waals surface area contributed by atoms with Crippen molar-refractivity contribution in [3.8, 4) is 0 Å². The highest BCUT2D eigenvalue weighted by Gasteiger charge is 2.38. The second-order valence-electron chi connectivity index (χ2n) is 5.79. The van der Waals surface area contributed by atoms with E-state index < -0.39 is 48.4 Å². The average Bonchev–Trinajstić information content (AvgIpc) is 2.92. The SMILES string of the molecule is O=C(NCCCc1cn([C@H]2CC(O)[C@@H](CO)O2)c(=O)[nH]c1=O)C(F)(F)F. The van der Waals surface area contributed by atoms with Crippen LogP contribution in [0.15, 0.2) is 15.8 Å². The quantitative estimate of drug-likeness (QED) is 0.457. The Morgan fingerprint density at radius 1 is 1.42 bits per heavy atom. The Bertz CT molecular complexity index is 760. The second kappa shape index (κ2) is 8.01. The van der Waals surface area contributed by atoms with Gasteiger partial charge < -0.3 is 20.3 Å². The van der Waals surface area contributed by atoms with E-state index in [1.54, 1.807) is 5.32 Å². The number of hydrogen-bond acceptors (Lipinski definition) is 6. The Hall–Kier alpha value is -2.18. The Balaban J connectivity index is 2.03. The van der Waals surface area contributed by atoms with Crippen LogP contribution in [0.2, 0.25) is 0 Å². The monoisotopic (exact) mass is 381 g/mol. The summed E-state index contributed by atoms with van der Waals surface area (Å²) in [7, 11) is 0. The van der Waals surface area contributed by atoms with Crippen LogP contribution in [0, 0.1) is 0 Å². The van der Waals surface area contributed by atoms with Crippen LogP contribution in [0.3, 0.4) is 0 Å². The van der Waals surface area contributed by atoms with Gasteiger partial charge in [0, 0.05) is 24.7 Å². The fraction of sp³-hybridized carbons (Fsp3) is 0.643. The van der Waals surface area contributed by atoms with E-state index >= 15 is 0 Å². The van der Waals surface area contributed by atoms with Crippen LogP contribution in [0.5, 0.6) is 0 Å². The number of halogens is 3. The van der Waals surface area contributed by atoms with Gasteiger partial charge in [-0.15, -0.1) is 0 Å². The van der Waals surface area contributed by atoms with E-state index in [1.165, 1.54) is 6.20 Å². The molecule has 26 heavy (non-hydrogen) atoms. The van der Waals surface area contributed by atoms with Crippen molar-refractivity contribution in [1.29, 1.82) is 0 Å². The summed E-state index contributed by atoms with van der Waals surface area (Å²) in [6.45, 7) is -0.746. The molecule has 1 amide bonds. The lowest BCUT2D eigenvalue weighted by Crippen LogP contribution is -2.37. The predicted octanol–water partition coefficient (Wildman–Crippen LogP) is -1.21. The van der Waals surface area contributed by atoms with Crippen LogP contribution >= 0.6 is 0 Å². The summed E-state index contributed by atoms with van der Waals surface area (Å²) >= 11 is 0. The van der Waals surface area contributed by atoms with Crippen molar-refractivity contribution in [3.63, 3.8) is 0 Å². The summed E-state index contributed by atoms with van der Waals surface area (Å²) in [6.07, 6.45) is -6.44. The summed E-state index contributed by atoms with van der Waals surface area (Å²) in [6, 6.07) is 0. The number of alkyl halides is 3. The molecule has 3 atom stereocenters. The van der Waals surface area contributed by atoms with Crippen LogP contribution < -0.4 is 16.6 Å². The highest BCUT2D eigenvalue weighted by molar-refractivity contribution is 5.81. The molecule has 4 N–H and O–H groups in total. The molecule has 2 rings (SSSR count). The smallest absolute Gasteiger partial charge is 0.394 e. The molecular formula is C14H18F3N3O6. The van der Waals surface area contributed by atoms with Crippen LogP contribution in [0.1, 0.15) is 24.6 Å². The molecule has 1 aliphatic rings. The number of nitrogens with zero attached hydrogens (tertiary/aromatic N) is 1. The summed E-state index contributed by atoms with van der Waals surface area (Å²) in [5.74, 6) is -2.07. The number of hydrogen-bond donors (Lipinski definition) is 4. The molecule has 1 aromatic heterocycles. The zero-order valence-electron chi connectivity index (χ0n) is 13.5. The van der Waals surface area contributed by atoms with Gasteiger partial charge in [0.15, 0.2) is 0 Å². The lowest BCUT2D eigenvalue weighted by molar-refractivity contribution is -0.173. The van der Waals surface area contributed by atoms with E-state index in [9.17, 15) is 32.7 Å². The number of amides is 1. The number of ether oxygens (including phenoxy) is 1. The lowest BCUT2D eigenvalue weighted by atomic mass is 10.1. The van der Waals surface area contributed by atoms with Crippen molar-refractivity contribution in [2.24, 2.45) is 0 Å². The zero-order chi connectivity index (χ0) is 19.5. The molecule has 2 heterocycles. The van der Waals surface area contributed by atoms with Gasteiger partial charge in [-0.05, 0) is 12.8 Å². The standard InChI is InChI=1S/C14H18F3N3O6/c15-14(16,17)12(24)18-3-1-2-7-5-20(13(25)19-11(7)23)10-4-8(22)9(6-21)26-10/h5,8-10,21-22H,1-4,6H2,(H,18,24)(H,19,23,25)/t8?,9-,10-/m1/s1. The lowest BCUT2D eigenvalue weighted by Gasteiger charge is -2.15. The summed E-state index contributed by atoms with van der Waals surface area (Å²) in [5.41, 5.74) is -1.37. The minimum absolute atomic E-state index is 0.00640. The van der Waals surface area contributed by atoms with Gasteiger partial charge in [-0.25, -0.2) is 4.79 Å². The molecule has 0 saturated carbocycles. The van der Waals surface area contributed by atoms with Gasteiger partial charge in [-0.1, -0.05) is 0 Å². The van der Waals surface area contributed by atoms with Crippen molar-refractivity contribution in [2.45, 2.75) is 43.9 Å². The van der Waals surface area contributed by atoms with Gasteiger partial charge in [0.2, 0.25) is 0 Å². The largest absolute Gasteiger partial charge is 0.471 e. The third-order valence-electron chi connectivity index (χ3n) is 3.90. The van der Waals surface area contributed by atoms with Gasteiger partial charge in [-0.2, -0.15) is 13.2 Å². The highest BCUT2D eigenvalue weighted by atomic mass is 19.4. The van der Waals surface area contributed by atoms with E-state index in [0.29, 0.717) is 0 Å². The topological polar surface area (TPSA) is 134 Å². The third-order valence-corrected chi connectivity index (χ3v) is 3.90. The first kappa shape index (κ1) is 20.1. The summed E-state index contributed by atoms with van der Waals surface area (Å²) in [4.78, 5) is 36.5. The fourth-order valence-electron chi connectivity index (χ4n) is 2.55. The van der Waals surface area contributed by atoms with Crippen molar-refractivity contribution >= 4 is 5.91 Å². The molecular weight excluding hydrogens is 363 g/mol. The Labute approximate surface area is 144 Å². The molecule has 0 spiro atoms. The second-order valence-corrected chi connectivity index (χ2v) is 5.79. The first-order valence-corrected chi connectivity index (χ1v) is 7.77. The normalized spacial score (nSPS) is 23.2. The molecule has 1 aromatic rings. The summed E-state index contributed by atoms with van der Waals surface area (Å²) < 4.78 is 42.6. The molecule has 9 nitrogen and oxygen atoms in total. The molecule has 0 aliphatic carbocycles. The first-order valence-electron chi connectivity index (χ1n) is 7.77. The molecule has 1 fully saturated rings. The average molecular weight is 381 g/mol. The number of aromatic amines is 1. The Kier molecular flexibility index (Phi) is 6.21. The van der Waals surface area contributed by atoms with E-state index in [1.807, 2.05) is 0 Å². The van der Waals surface area contributed by atoms with E-state index in [-0.39, 0.29) is 31.4 Å². The van der Waals surface area contributed by atoms with Crippen LogP contribution in [-0.4, -0.2) is 57.2 Å². The fourth-order valence-corrected chi connectivity index (χ4v) is 2.55. The molecule has 146 valence electrons. The van der Waals surface area contributed by atoms with Gasteiger partial charge in [0.25, 0.3) is 5.56 Å². The van der Waals surface area contributed by atoms with Crippen LogP contribution in [-0.2, 0) is 16.0 Å². The van der Waals surface area contributed by atoms with E-state index in [0.717, 1.165) is 4.57 Å². The van der Waals surface area contributed by atoms with Gasteiger partial charge in [-0.3, -0.25) is 19.1 Å². The minimum Gasteiger partial charge on any atom is -0.394 e. The number of rotatable bonds is 6. The Morgan fingerprint density at radius 2 is 2.12 bits per heavy atom. The number of aromatic nitrogens is 2. The highest BCUT2D eigenvalue weighted by Crippen LogP contribution is 2.27. The number of carbonyl (C=O) groups excluding carboxylic acids is 1. The van der Waals surface area contributed by atoms with Crippen molar-refractivity contribution in [3.05, 3.63) is 32.6 Å². The number of aliphatic hydroxyl groups excluding tert-OH is 2. The van der Waals surface area contributed by atoms with Gasteiger partial charge in [0.05, 0.1) is 12.7 Å². The van der Waals surface area contributed by atoms with Gasteiger partial charge >= 0.3 is 17.8 Å². The number of carbonyl (C=O) groups is 1. The van der Waals surface area contributed by atoms with Crippen molar-refractivity contribution < 1.29 is 32.9 Å². The number of aliphatic hydroxyl groups is 2. The first-order chi connectivity index (χ1) is 12.1.